The van der Waals surface area contributed by atoms with Crippen molar-refractivity contribution in [3.63, 3.8) is 0 Å². The van der Waals surface area contributed by atoms with Crippen LogP contribution in [0.15, 0.2) is 118 Å². The van der Waals surface area contributed by atoms with Gasteiger partial charge in [-0.3, -0.25) is 10.1 Å². The zero-order valence-corrected chi connectivity index (χ0v) is 26.2. The van der Waals surface area contributed by atoms with E-state index in [2.05, 4.69) is 49.8 Å². The van der Waals surface area contributed by atoms with Gasteiger partial charge in [-0.05, 0) is 66.7 Å². The fourth-order valence-electron chi connectivity index (χ4n) is 4.93. The molecule has 0 aliphatic heterocycles. The van der Waals surface area contributed by atoms with E-state index in [9.17, 15) is 9.90 Å². The van der Waals surface area contributed by atoms with Crippen molar-refractivity contribution in [1.29, 1.82) is 0 Å². The number of carbonyl (C=O) groups is 1. The average molecular weight is 685 g/mol. The van der Waals surface area contributed by atoms with E-state index in [1.165, 1.54) is 0 Å². The molecular formula is C35H27BrClN3O5. The highest BCUT2D eigenvalue weighted by Gasteiger charge is 2.21. The molecule has 1 atom stereocenters. The number of rotatable bonds is 12. The molecule has 10 heteroatoms. The summed E-state index contributed by atoms with van der Waals surface area (Å²) in [4.78, 5) is 12.1. The number of fused-ring (bicyclic) bond motifs is 1. The van der Waals surface area contributed by atoms with E-state index in [0.29, 0.717) is 38.7 Å². The molecule has 45 heavy (non-hydrogen) atoms. The van der Waals surface area contributed by atoms with Crippen molar-refractivity contribution < 1.29 is 24.0 Å². The predicted octanol–water partition coefficient (Wildman–Crippen LogP) is 8.38. The zero-order valence-electron chi connectivity index (χ0n) is 23.8. The largest absolute Gasteiger partial charge is 0.488 e. The van der Waals surface area contributed by atoms with E-state index < -0.39 is 12.0 Å². The van der Waals surface area contributed by atoms with Crippen LogP contribution in [0.2, 0.25) is 5.02 Å². The van der Waals surface area contributed by atoms with Crippen LogP contribution in [0.3, 0.4) is 0 Å². The first kappa shape index (κ1) is 30.3. The summed E-state index contributed by atoms with van der Waals surface area (Å²) in [6.07, 6.45) is 0. The zero-order chi connectivity index (χ0) is 31.2. The topological polar surface area (TPSA) is 107 Å². The Balaban J connectivity index is 1.26. The predicted molar refractivity (Wildman–Crippen MR) is 175 cm³/mol. The standard InChI is InChI=1S/C35H27BrClN3O5/c36-33-25(12-7-13-27(33)23-8-3-1-4-9-23)21-44-32-18-31(43-20-22-14-15-29-30(16-22)40-45-39-29)26(17-28(32)37)19-38-34(35(41)42)24-10-5-2-6-11-24/h1-18,34,38H,19-21H2,(H,41,42). The van der Waals surface area contributed by atoms with Gasteiger partial charge in [-0.25, -0.2) is 4.63 Å². The van der Waals surface area contributed by atoms with Crippen molar-refractivity contribution in [2.45, 2.75) is 25.8 Å². The van der Waals surface area contributed by atoms with Crippen LogP contribution in [-0.4, -0.2) is 21.4 Å². The van der Waals surface area contributed by atoms with Gasteiger partial charge in [0.25, 0.3) is 0 Å². The van der Waals surface area contributed by atoms with Gasteiger partial charge in [-0.2, -0.15) is 0 Å². The lowest BCUT2D eigenvalue weighted by atomic mass is 10.0. The molecule has 8 nitrogen and oxygen atoms in total. The molecule has 0 amide bonds. The fraction of sp³-hybridized carbons (Fsp3) is 0.114. The molecule has 0 saturated carbocycles. The van der Waals surface area contributed by atoms with E-state index in [0.717, 1.165) is 26.7 Å². The Labute approximate surface area is 272 Å². The molecule has 1 heterocycles. The summed E-state index contributed by atoms with van der Waals surface area (Å²) >= 11 is 10.5. The van der Waals surface area contributed by atoms with Crippen molar-refractivity contribution in [2.24, 2.45) is 0 Å². The monoisotopic (exact) mass is 683 g/mol. The Kier molecular flexibility index (Phi) is 9.40. The van der Waals surface area contributed by atoms with Crippen molar-refractivity contribution >= 4 is 44.5 Å². The Hall–Kier alpha value is -4.70. The molecule has 0 bridgehead atoms. The summed E-state index contributed by atoms with van der Waals surface area (Å²) in [6, 6.07) is 33.2. The smallest absolute Gasteiger partial charge is 0.325 e. The number of carboxylic acids is 1. The van der Waals surface area contributed by atoms with E-state index in [1.54, 1.807) is 36.4 Å². The van der Waals surface area contributed by atoms with Crippen molar-refractivity contribution in [3.05, 3.63) is 141 Å². The number of nitrogens with one attached hydrogen (secondary N) is 1. The lowest BCUT2D eigenvalue weighted by molar-refractivity contribution is -0.139. The second kappa shape index (κ2) is 13.9. The van der Waals surface area contributed by atoms with Gasteiger partial charge in [0.05, 0.1) is 5.02 Å². The number of aliphatic carboxylic acids is 1. The number of aromatic nitrogens is 2. The van der Waals surface area contributed by atoms with Gasteiger partial charge in [-0.15, -0.1) is 0 Å². The van der Waals surface area contributed by atoms with Crippen LogP contribution in [0, 0.1) is 0 Å². The highest BCUT2D eigenvalue weighted by Crippen LogP contribution is 2.36. The second-order valence-electron chi connectivity index (χ2n) is 10.3. The third-order valence-corrected chi connectivity index (χ3v) is 8.48. The first-order chi connectivity index (χ1) is 22.0. The molecule has 0 aliphatic rings. The minimum atomic E-state index is -0.993. The van der Waals surface area contributed by atoms with E-state index in [-0.39, 0.29) is 19.8 Å². The number of nitrogens with zero attached hydrogens (tertiary/aromatic N) is 2. The molecule has 5 aromatic carbocycles. The number of hydrogen-bond acceptors (Lipinski definition) is 7. The van der Waals surface area contributed by atoms with Crippen LogP contribution in [0.5, 0.6) is 11.5 Å². The van der Waals surface area contributed by atoms with Crippen LogP contribution in [0.4, 0.5) is 0 Å². The minimum Gasteiger partial charge on any atom is -0.488 e. The quantitative estimate of drug-likeness (QED) is 0.132. The molecule has 0 fully saturated rings. The summed E-state index contributed by atoms with van der Waals surface area (Å²) in [5.41, 5.74) is 6.52. The van der Waals surface area contributed by atoms with Crippen LogP contribution in [-0.2, 0) is 24.6 Å². The maximum absolute atomic E-state index is 12.1. The van der Waals surface area contributed by atoms with E-state index >= 15 is 0 Å². The molecular weight excluding hydrogens is 658 g/mol. The molecule has 0 saturated heterocycles. The maximum atomic E-state index is 12.1. The molecule has 0 radical (unpaired) electrons. The van der Waals surface area contributed by atoms with Crippen molar-refractivity contribution in [2.75, 3.05) is 0 Å². The minimum absolute atomic E-state index is 0.179. The van der Waals surface area contributed by atoms with Crippen molar-refractivity contribution in [3.8, 4) is 22.6 Å². The Morgan fingerprint density at radius 1 is 0.822 bits per heavy atom. The summed E-state index contributed by atoms with van der Waals surface area (Å²) < 4.78 is 18.3. The van der Waals surface area contributed by atoms with E-state index in [4.69, 9.17) is 25.7 Å². The van der Waals surface area contributed by atoms with Gasteiger partial charge in [0.1, 0.15) is 41.8 Å². The maximum Gasteiger partial charge on any atom is 0.325 e. The van der Waals surface area contributed by atoms with Gasteiger partial charge in [0.15, 0.2) is 0 Å². The molecule has 0 aliphatic carbocycles. The lowest BCUT2D eigenvalue weighted by Crippen LogP contribution is -2.28. The average Bonchev–Trinajstić information content (AvgIpc) is 3.53. The summed E-state index contributed by atoms with van der Waals surface area (Å²) in [6.45, 7) is 0.642. The Morgan fingerprint density at radius 2 is 1.56 bits per heavy atom. The fourth-order valence-corrected chi connectivity index (χ4v) is 5.78. The first-order valence-electron chi connectivity index (χ1n) is 14.1. The molecule has 6 aromatic rings. The lowest BCUT2D eigenvalue weighted by Gasteiger charge is -2.19. The molecule has 6 rings (SSSR count). The molecule has 1 unspecified atom stereocenters. The SMILES string of the molecule is O=C(O)C(NCc1cc(Cl)c(OCc2cccc(-c3ccccc3)c2Br)cc1OCc1ccc2nonc2c1)c1ccccc1. The van der Waals surface area contributed by atoms with Gasteiger partial charge in [-0.1, -0.05) is 96.5 Å². The second-order valence-corrected chi connectivity index (χ2v) is 11.5. The third-order valence-electron chi connectivity index (χ3n) is 7.25. The number of benzene rings is 5. The number of ether oxygens (including phenoxy) is 2. The Bertz CT molecular complexity index is 1940. The summed E-state index contributed by atoms with van der Waals surface area (Å²) in [7, 11) is 0. The van der Waals surface area contributed by atoms with Crippen LogP contribution in [0.1, 0.15) is 28.3 Å². The third kappa shape index (κ3) is 7.17. The van der Waals surface area contributed by atoms with Crippen LogP contribution in [0.25, 0.3) is 22.2 Å². The highest BCUT2D eigenvalue weighted by atomic mass is 79.9. The Morgan fingerprint density at radius 3 is 2.33 bits per heavy atom. The first-order valence-corrected chi connectivity index (χ1v) is 15.3. The molecule has 0 spiro atoms. The number of carboxylic acid groups (broad SMARTS) is 1. The van der Waals surface area contributed by atoms with Crippen molar-refractivity contribution in [1.82, 2.24) is 15.6 Å². The number of hydrogen-bond donors (Lipinski definition) is 2. The van der Waals surface area contributed by atoms with Gasteiger partial charge in [0, 0.05) is 28.2 Å². The number of halogens is 2. The van der Waals surface area contributed by atoms with Gasteiger partial charge < -0.3 is 14.6 Å². The van der Waals surface area contributed by atoms with Gasteiger partial charge >= 0.3 is 5.97 Å². The van der Waals surface area contributed by atoms with E-state index in [1.807, 2.05) is 54.6 Å². The highest BCUT2D eigenvalue weighted by molar-refractivity contribution is 9.10. The van der Waals surface area contributed by atoms with Crippen LogP contribution < -0.4 is 14.8 Å². The van der Waals surface area contributed by atoms with Crippen LogP contribution >= 0.6 is 27.5 Å². The summed E-state index contributed by atoms with van der Waals surface area (Å²) in [5.74, 6) is -0.0661. The molecule has 1 aromatic heterocycles. The summed E-state index contributed by atoms with van der Waals surface area (Å²) in [5, 5.41) is 21.2. The normalized spacial score (nSPS) is 11.8. The molecule has 226 valence electrons. The molecule has 2 N–H and O–H groups in total. The van der Waals surface area contributed by atoms with Gasteiger partial charge in [0.2, 0.25) is 0 Å².